The fraction of sp³-hybridized carbons (Fsp3) is 0.273. The minimum Gasteiger partial charge on any atom is -0.326 e. The number of benzene rings is 12. The number of nitrogens with zero attached hydrogens (tertiary/aromatic N) is 8. The van der Waals surface area contributed by atoms with Gasteiger partial charge in [0.15, 0.2) is 0 Å². The number of nitrogens with two attached hydrogens (primary N) is 4. The first-order chi connectivity index (χ1) is 69.4. The van der Waals surface area contributed by atoms with Gasteiger partial charge in [0.05, 0.1) is 69.7 Å². The third kappa shape index (κ3) is 28.3. The van der Waals surface area contributed by atoms with Crippen LogP contribution in [0, 0.1) is 73.1 Å². The summed E-state index contributed by atoms with van der Waals surface area (Å²) in [5, 5.41) is 45.6. The van der Waals surface area contributed by atoms with Crippen LogP contribution in [-0.4, -0.2) is 88.4 Å². The zero-order valence-electron chi connectivity index (χ0n) is 83.4. The van der Waals surface area contributed by atoms with E-state index in [-0.39, 0.29) is 62.6 Å². The first-order valence-corrected chi connectivity index (χ1v) is 49.7. The van der Waals surface area contributed by atoms with Gasteiger partial charge in [0.2, 0.25) is 0 Å². The summed E-state index contributed by atoms with van der Waals surface area (Å²) in [7, 11) is 0. The van der Waals surface area contributed by atoms with Crippen molar-refractivity contribution in [1.29, 1.82) is 0 Å². The van der Waals surface area contributed by atoms with Gasteiger partial charge in [-0.3, -0.25) is 19.2 Å². The summed E-state index contributed by atoms with van der Waals surface area (Å²) in [6, 6.07) is 105. The Morgan fingerprint density at radius 1 is 0.290 bits per heavy atom. The summed E-state index contributed by atoms with van der Waals surface area (Å²) in [5.74, 6) is 1.46. The van der Waals surface area contributed by atoms with Crippen LogP contribution in [0.1, 0.15) is 245 Å². The van der Waals surface area contributed by atoms with E-state index < -0.39 is 0 Å². The van der Waals surface area contributed by atoms with E-state index in [9.17, 15) is 19.2 Å². The fourth-order valence-corrected chi connectivity index (χ4v) is 17.9. The summed E-state index contributed by atoms with van der Waals surface area (Å²) in [5.41, 5.74) is 52.9. The van der Waals surface area contributed by atoms with E-state index in [4.69, 9.17) is 22.9 Å². The monoisotopic (exact) mass is 1940 g/mol. The lowest BCUT2D eigenvalue weighted by Gasteiger charge is -2.23. The van der Waals surface area contributed by atoms with Crippen LogP contribution in [0.25, 0.3) is 22.7 Å². The van der Waals surface area contributed by atoms with Gasteiger partial charge in [0, 0.05) is 55.0 Å². The van der Waals surface area contributed by atoms with Crippen LogP contribution in [0.4, 0.5) is 22.7 Å². The summed E-state index contributed by atoms with van der Waals surface area (Å²) >= 11 is 0. The van der Waals surface area contributed by atoms with Crippen molar-refractivity contribution in [3.05, 3.63) is 450 Å². The Kier molecular flexibility index (Phi) is 36.4. The molecule has 145 heavy (non-hydrogen) atoms. The van der Waals surface area contributed by atoms with Crippen molar-refractivity contribution in [3.8, 4) is 22.7 Å². The van der Waals surface area contributed by atoms with Crippen molar-refractivity contribution in [3.63, 3.8) is 0 Å². The second kappa shape index (κ2) is 49.8. The summed E-state index contributed by atoms with van der Waals surface area (Å²) in [6.07, 6.45) is 7.78. The van der Waals surface area contributed by atoms with E-state index in [1.165, 1.54) is 83.0 Å². The van der Waals surface area contributed by atoms with Gasteiger partial charge in [-0.1, -0.05) is 220 Å². The number of carbonyl (C=O) groups excluding carboxylic acids is 4. The van der Waals surface area contributed by atoms with Crippen LogP contribution in [0.5, 0.6) is 0 Å². The topological polar surface area (TPSA) is 340 Å². The largest absolute Gasteiger partial charge is 0.326 e. The Morgan fingerprint density at radius 3 is 0.890 bits per heavy atom. The van der Waals surface area contributed by atoms with E-state index >= 15 is 0 Å². The summed E-state index contributed by atoms with van der Waals surface area (Å²) in [4.78, 5) is 53.5. The number of anilines is 4. The molecule has 3 saturated carbocycles. The van der Waals surface area contributed by atoms with Crippen molar-refractivity contribution in [2.24, 2.45) is 40.7 Å². The Bertz CT molecular complexity index is 7080. The highest BCUT2D eigenvalue weighted by Gasteiger charge is 2.30. The normalized spacial score (nSPS) is 13.3. The lowest BCUT2D eigenvalue weighted by atomic mass is 9.93. The van der Waals surface area contributed by atoms with Crippen molar-refractivity contribution < 1.29 is 19.2 Å². The molecule has 16 aromatic rings. The number of amides is 4. The van der Waals surface area contributed by atoms with Crippen molar-refractivity contribution in [1.82, 2.24) is 60.4 Å². The average Bonchev–Trinajstić information content (AvgIpc) is 1.54. The van der Waals surface area contributed by atoms with Crippen LogP contribution >= 0.6 is 0 Å². The van der Waals surface area contributed by atoms with Gasteiger partial charge >= 0.3 is 0 Å². The molecule has 24 heteroatoms. The van der Waals surface area contributed by atoms with Crippen LogP contribution in [0.2, 0.25) is 0 Å². The number of aromatic nitrogens is 8. The Hall–Kier alpha value is -15.0. The molecular formula is C121H140N20O4. The highest BCUT2D eigenvalue weighted by Crippen LogP contribution is 2.38. The number of rotatable bonds is 35. The van der Waals surface area contributed by atoms with Crippen LogP contribution in [0.3, 0.4) is 0 Å². The molecule has 4 aromatic heterocycles. The maximum absolute atomic E-state index is 13.4. The van der Waals surface area contributed by atoms with Crippen LogP contribution < -0.4 is 65.5 Å². The van der Waals surface area contributed by atoms with E-state index in [1.807, 2.05) is 216 Å². The SMILES string of the molecule is C.C.Cc1cc(C(=O)Nc2cccc(C(NC(C)C)c3ccccc3)c2)n(-c2cccc(CN)c2)n1.Cc1cc(C(=O)Nc2cccc(C(NCC3CC3)c3ccccc3)c2)n(-c2cccc(CN)c2)n1.Cc1ccc(C(NCC2CC2)c2cccc(NC(=O)c3cc(C)nn3-c3cccc(CN)c3)c2)c(C)c1.Cc1ccc(C)c(C(NCC2CC2)c2cccc(NC(=O)c3cc(C)nn3-c3cccc(CN)c3)c2)c1. The van der Waals surface area contributed by atoms with Gasteiger partial charge in [0.1, 0.15) is 22.8 Å². The number of aryl methyl sites for hydroxylation is 8. The Balaban J connectivity index is 0.000000152. The van der Waals surface area contributed by atoms with E-state index in [0.29, 0.717) is 55.0 Å². The third-order valence-corrected chi connectivity index (χ3v) is 25.9. The molecule has 16 N–H and O–H groups in total. The number of carbonyl (C=O) groups is 4. The van der Waals surface area contributed by atoms with Crippen LogP contribution in [0.15, 0.2) is 315 Å². The lowest BCUT2D eigenvalue weighted by Crippen LogP contribution is -2.29. The highest BCUT2D eigenvalue weighted by atomic mass is 16.2. The molecule has 0 radical (unpaired) electrons. The molecule has 0 aliphatic heterocycles. The van der Waals surface area contributed by atoms with Crippen molar-refractivity contribution in [2.75, 3.05) is 40.9 Å². The van der Waals surface area contributed by atoms with Gasteiger partial charge in [-0.25, -0.2) is 18.7 Å². The van der Waals surface area contributed by atoms with Crippen molar-refractivity contribution >= 4 is 46.4 Å². The molecule has 0 bridgehead atoms. The molecule has 0 saturated heterocycles. The lowest BCUT2D eigenvalue weighted by molar-refractivity contribution is 0.101. The smallest absolute Gasteiger partial charge is 0.274 e. The molecule has 4 atom stereocenters. The van der Waals surface area contributed by atoms with Gasteiger partial charge in [-0.2, -0.15) is 20.4 Å². The van der Waals surface area contributed by atoms with Gasteiger partial charge in [-0.05, 0) is 344 Å². The van der Waals surface area contributed by atoms with Crippen molar-refractivity contribution in [2.45, 2.75) is 179 Å². The molecule has 3 fully saturated rings. The highest BCUT2D eigenvalue weighted by molar-refractivity contribution is 6.06. The first-order valence-electron chi connectivity index (χ1n) is 49.7. The van der Waals surface area contributed by atoms with Gasteiger partial charge in [-0.15, -0.1) is 0 Å². The first kappa shape index (κ1) is 106. The molecule has 4 amide bonds. The minimum atomic E-state index is -0.219. The average molecular weight is 1940 g/mol. The molecular weight excluding hydrogens is 1800 g/mol. The molecule has 19 rings (SSSR count). The zero-order chi connectivity index (χ0) is 100. The fourth-order valence-electron chi connectivity index (χ4n) is 17.9. The van der Waals surface area contributed by atoms with E-state index in [1.54, 1.807) is 30.9 Å². The minimum absolute atomic E-state index is 0. The predicted octanol–water partition coefficient (Wildman–Crippen LogP) is 22.4. The van der Waals surface area contributed by atoms with Gasteiger partial charge < -0.3 is 65.5 Å². The molecule has 3 aliphatic rings. The zero-order valence-corrected chi connectivity index (χ0v) is 83.4. The summed E-state index contributed by atoms with van der Waals surface area (Å²) in [6.45, 7) is 25.1. The van der Waals surface area contributed by atoms with E-state index in [0.717, 1.165) is 150 Å². The standard InChI is InChI=1S/2C31H35N5O.C29H31N5O.C28H31N5O.2CH4/c1-20-10-13-28(21(2)14-20)30(33-19-23-11-12-23)25-7-5-8-26(17-25)34-31(37)29-15-22(3)35-36(29)27-9-4-6-24(16-27)18-32;1-20-10-11-21(2)28(14-20)30(33-19-23-12-13-23)25-7-5-8-26(17-25)34-31(37)29-15-22(3)35-36(29)27-9-4-6-24(16-27)18-32;1-20-15-27(34(33-20)26-12-5-7-22(16-26)18-30)29(35)32-25-11-6-10-24(17-25)28(31-19-21-13-14-21)23-8-3-2-4-9-23;1-19(2)30-27(22-10-5-4-6-11-22)23-12-8-13-24(17-23)31-28(34)26-15-20(3)32-33(26)25-14-7-9-21(16-25)18-29;;/h4-10,13-17,23,30,33H,11-12,18-19,32H2,1-3H3,(H,34,37);4-11,14-17,23,30,33H,12-13,18-19,32H2,1-3H3,(H,34,37);2-12,15-17,21,28,31H,13-14,18-19,30H2,1H3,(H,32,35);4-17,19,27,30H,18,29H2,1-3H3,(H,31,34);2*1H4. The summed E-state index contributed by atoms with van der Waals surface area (Å²) < 4.78 is 6.71. The van der Waals surface area contributed by atoms with E-state index in [2.05, 4.69) is 220 Å². The predicted molar refractivity (Wildman–Crippen MR) is 588 cm³/mol. The maximum Gasteiger partial charge on any atom is 0.274 e. The molecule has 12 aromatic carbocycles. The quantitative estimate of drug-likeness (QED) is 0.0176. The molecule has 3 aliphatic carbocycles. The molecule has 24 nitrogen and oxygen atoms in total. The van der Waals surface area contributed by atoms with Crippen LogP contribution in [-0.2, 0) is 26.2 Å². The number of hydrogen-bond donors (Lipinski definition) is 12. The third-order valence-electron chi connectivity index (χ3n) is 25.9. The van der Waals surface area contributed by atoms with Gasteiger partial charge in [0.25, 0.3) is 23.6 Å². The molecule has 4 heterocycles. The number of nitrogens with one attached hydrogen (secondary N) is 8. The molecule has 748 valence electrons. The maximum atomic E-state index is 13.4. The Morgan fingerprint density at radius 2 is 0.572 bits per heavy atom. The second-order valence-electron chi connectivity index (χ2n) is 38.3. The molecule has 4 unspecified atom stereocenters. The molecule has 0 spiro atoms. The second-order valence-corrected chi connectivity index (χ2v) is 38.3. The Labute approximate surface area is 854 Å². The number of hydrogen-bond acceptors (Lipinski definition) is 16.